The zero-order chi connectivity index (χ0) is 10.6. The van der Waals surface area contributed by atoms with Crippen molar-refractivity contribution in [2.24, 2.45) is 0 Å². The molecule has 3 nitrogen and oxygen atoms in total. The van der Waals surface area contributed by atoms with Gasteiger partial charge in [-0.15, -0.1) is 17.9 Å². The molecule has 14 heavy (non-hydrogen) atoms. The number of nitrogens with zero attached hydrogens (tertiary/aromatic N) is 2. The van der Waals surface area contributed by atoms with E-state index in [1.165, 1.54) is 4.88 Å². The maximum absolute atomic E-state index is 8.90. The quantitative estimate of drug-likeness (QED) is 0.755. The Morgan fingerprint density at radius 3 is 2.71 bits per heavy atom. The largest absolute Gasteiger partial charge is 0.395 e. The standard InChI is InChI=1S/C10H16N2OS/c1-4-5-12(6-7-13)10-11-8(2)9(3)14-10/h4,13H,1,5-7H2,2-3H3. The molecule has 1 aromatic heterocycles. The fourth-order valence-corrected chi connectivity index (χ4v) is 2.08. The summed E-state index contributed by atoms with van der Waals surface area (Å²) in [6.45, 7) is 9.23. The van der Waals surface area contributed by atoms with E-state index in [0.29, 0.717) is 6.54 Å². The molecule has 4 heteroatoms. The summed E-state index contributed by atoms with van der Waals surface area (Å²) in [5, 5.41) is 9.87. The summed E-state index contributed by atoms with van der Waals surface area (Å²) in [5.74, 6) is 0. The lowest BCUT2D eigenvalue weighted by Gasteiger charge is -2.18. The van der Waals surface area contributed by atoms with Gasteiger partial charge in [-0.1, -0.05) is 6.08 Å². The molecule has 0 aliphatic carbocycles. The number of aliphatic hydroxyl groups is 1. The Hall–Kier alpha value is -0.870. The smallest absolute Gasteiger partial charge is 0.186 e. The van der Waals surface area contributed by atoms with Crippen molar-refractivity contribution in [3.05, 3.63) is 23.2 Å². The first-order chi connectivity index (χ1) is 6.69. The molecule has 1 rings (SSSR count). The molecule has 1 aromatic rings. The highest BCUT2D eigenvalue weighted by Gasteiger charge is 2.10. The van der Waals surface area contributed by atoms with Crippen LogP contribution in [-0.4, -0.2) is 29.8 Å². The van der Waals surface area contributed by atoms with E-state index >= 15 is 0 Å². The third kappa shape index (κ3) is 2.56. The zero-order valence-electron chi connectivity index (χ0n) is 8.66. The summed E-state index contributed by atoms with van der Waals surface area (Å²) in [5.41, 5.74) is 1.07. The Morgan fingerprint density at radius 2 is 2.29 bits per heavy atom. The SMILES string of the molecule is C=CCN(CCO)c1nc(C)c(C)s1. The van der Waals surface area contributed by atoms with E-state index in [4.69, 9.17) is 5.11 Å². The van der Waals surface area contributed by atoms with E-state index in [9.17, 15) is 0 Å². The van der Waals surface area contributed by atoms with E-state index in [1.54, 1.807) is 11.3 Å². The third-order valence-electron chi connectivity index (χ3n) is 2.01. The van der Waals surface area contributed by atoms with Crippen LogP contribution in [0, 0.1) is 13.8 Å². The number of anilines is 1. The number of thiazole rings is 1. The van der Waals surface area contributed by atoms with Gasteiger partial charge >= 0.3 is 0 Å². The van der Waals surface area contributed by atoms with E-state index in [2.05, 4.69) is 18.5 Å². The Bertz CT molecular complexity index is 290. The van der Waals surface area contributed by atoms with Crippen LogP contribution in [0.2, 0.25) is 0 Å². The monoisotopic (exact) mass is 212 g/mol. The number of aliphatic hydroxyl groups excluding tert-OH is 1. The summed E-state index contributed by atoms with van der Waals surface area (Å²) < 4.78 is 0. The first-order valence-corrected chi connectivity index (χ1v) is 5.41. The van der Waals surface area contributed by atoms with Crippen LogP contribution in [0.4, 0.5) is 5.13 Å². The minimum absolute atomic E-state index is 0.144. The van der Waals surface area contributed by atoms with Gasteiger partial charge in [-0.3, -0.25) is 0 Å². The van der Waals surface area contributed by atoms with Gasteiger partial charge in [-0.25, -0.2) is 4.98 Å². The number of rotatable bonds is 5. The third-order valence-corrected chi connectivity index (χ3v) is 3.14. The van der Waals surface area contributed by atoms with Crippen molar-refractivity contribution in [1.82, 2.24) is 4.98 Å². The Labute approximate surface area is 88.7 Å². The first kappa shape index (κ1) is 11.2. The highest BCUT2D eigenvalue weighted by atomic mass is 32.1. The molecule has 0 unspecified atom stereocenters. The zero-order valence-corrected chi connectivity index (χ0v) is 9.47. The number of hydrogen-bond donors (Lipinski definition) is 1. The van der Waals surface area contributed by atoms with Gasteiger partial charge in [0.15, 0.2) is 5.13 Å². The van der Waals surface area contributed by atoms with Crippen molar-refractivity contribution in [2.75, 3.05) is 24.6 Å². The van der Waals surface area contributed by atoms with Gasteiger partial charge in [0.1, 0.15) is 0 Å². The van der Waals surface area contributed by atoms with Crippen LogP contribution in [0.5, 0.6) is 0 Å². The van der Waals surface area contributed by atoms with Crippen LogP contribution in [0.25, 0.3) is 0 Å². The lowest BCUT2D eigenvalue weighted by atomic mass is 10.4. The van der Waals surface area contributed by atoms with Crippen LogP contribution in [0.15, 0.2) is 12.7 Å². The predicted molar refractivity (Wildman–Crippen MR) is 61.1 cm³/mol. The Balaban J connectivity index is 2.81. The second-order valence-corrected chi connectivity index (χ2v) is 4.28. The normalized spacial score (nSPS) is 10.2. The van der Waals surface area contributed by atoms with Crippen LogP contribution < -0.4 is 4.90 Å². The Kier molecular flexibility index (Phi) is 4.10. The van der Waals surface area contributed by atoms with Crippen LogP contribution in [-0.2, 0) is 0 Å². The highest BCUT2D eigenvalue weighted by molar-refractivity contribution is 7.15. The van der Waals surface area contributed by atoms with Crippen molar-refractivity contribution in [3.8, 4) is 0 Å². The van der Waals surface area contributed by atoms with Crippen molar-refractivity contribution in [1.29, 1.82) is 0 Å². The van der Waals surface area contributed by atoms with Gasteiger partial charge < -0.3 is 10.0 Å². The molecule has 1 heterocycles. The Morgan fingerprint density at radius 1 is 1.57 bits per heavy atom. The van der Waals surface area contributed by atoms with Gasteiger partial charge in [-0.05, 0) is 13.8 Å². The second-order valence-electron chi connectivity index (χ2n) is 3.10. The van der Waals surface area contributed by atoms with Crippen LogP contribution in [0.3, 0.4) is 0 Å². The molecule has 0 bridgehead atoms. The van der Waals surface area contributed by atoms with Gasteiger partial charge in [0.25, 0.3) is 0 Å². The number of aryl methyl sites for hydroxylation is 2. The molecular weight excluding hydrogens is 196 g/mol. The van der Waals surface area contributed by atoms with Crippen molar-refractivity contribution in [2.45, 2.75) is 13.8 Å². The fourth-order valence-electron chi connectivity index (χ4n) is 1.13. The molecular formula is C10H16N2OS. The topological polar surface area (TPSA) is 36.4 Å². The molecule has 78 valence electrons. The molecule has 0 aliphatic rings. The number of aromatic nitrogens is 1. The molecule has 0 aliphatic heterocycles. The van der Waals surface area contributed by atoms with Gasteiger partial charge in [0.2, 0.25) is 0 Å². The molecule has 0 radical (unpaired) electrons. The summed E-state index contributed by atoms with van der Waals surface area (Å²) in [7, 11) is 0. The molecule has 0 aromatic carbocycles. The molecule has 0 atom stereocenters. The van der Waals surface area contributed by atoms with E-state index in [0.717, 1.165) is 17.4 Å². The first-order valence-electron chi connectivity index (χ1n) is 4.59. The maximum Gasteiger partial charge on any atom is 0.186 e. The van der Waals surface area contributed by atoms with Crippen molar-refractivity contribution in [3.63, 3.8) is 0 Å². The predicted octanol–water partition coefficient (Wildman–Crippen LogP) is 1.74. The molecule has 0 fully saturated rings. The minimum Gasteiger partial charge on any atom is -0.395 e. The summed E-state index contributed by atoms with van der Waals surface area (Å²) in [6.07, 6.45) is 1.82. The summed E-state index contributed by atoms with van der Waals surface area (Å²) in [4.78, 5) is 7.69. The van der Waals surface area contributed by atoms with Crippen LogP contribution in [0.1, 0.15) is 10.6 Å². The van der Waals surface area contributed by atoms with Gasteiger partial charge in [0.05, 0.1) is 12.3 Å². The van der Waals surface area contributed by atoms with Gasteiger partial charge in [-0.2, -0.15) is 0 Å². The molecule has 0 saturated carbocycles. The van der Waals surface area contributed by atoms with Gasteiger partial charge in [0, 0.05) is 18.0 Å². The maximum atomic E-state index is 8.90. The van der Waals surface area contributed by atoms with E-state index in [-0.39, 0.29) is 6.61 Å². The van der Waals surface area contributed by atoms with Crippen LogP contribution >= 0.6 is 11.3 Å². The lowest BCUT2D eigenvalue weighted by molar-refractivity contribution is 0.303. The lowest BCUT2D eigenvalue weighted by Crippen LogP contribution is -2.26. The molecule has 0 saturated heterocycles. The summed E-state index contributed by atoms with van der Waals surface area (Å²) >= 11 is 1.66. The minimum atomic E-state index is 0.144. The summed E-state index contributed by atoms with van der Waals surface area (Å²) in [6, 6.07) is 0. The second kappa shape index (κ2) is 5.12. The van der Waals surface area contributed by atoms with E-state index in [1.807, 2.05) is 17.9 Å². The molecule has 0 amide bonds. The van der Waals surface area contributed by atoms with E-state index < -0.39 is 0 Å². The average Bonchev–Trinajstić information content (AvgIpc) is 2.47. The average molecular weight is 212 g/mol. The number of hydrogen-bond acceptors (Lipinski definition) is 4. The highest BCUT2D eigenvalue weighted by Crippen LogP contribution is 2.24. The fraction of sp³-hybridized carbons (Fsp3) is 0.500. The van der Waals surface area contributed by atoms with Crippen molar-refractivity contribution < 1.29 is 5.11 Å². The molecule has 1 N–H and O–H groups in total. The molecule has 0 spiro atoms. The van der Waals surface area contributed by atoms with Crippen molar-refractivity contribution >= 4 is 16.5 Å².